The first kappa shape index (κ1) is 27.8. The topological polar surface area (TPSA) is 82.8 Å². The van der Waals surface area contributed by atoms with Crippen molar-refractivity contribution < 1.29 is 14.3 Å². The number of hydrogen-bond acceptors (Lipinski definition) is 6. The number of rotatable bonds is 8. The van der Waals surface area contributed by atoms with Crippen molar-refractivity contribution in [2.24, 2.45) is 5.10 Å². The summed E-state index contributed by atoms with van der Waals surface area (Å²) in [6.45, 7) is 2.17. The second kappa shape index (κ2) is 12.6. The third-order valence-corrected chi connectivity index (χ3v) is 6.44. The van der Waals surface area contributed by atoms with Crippen LogP contribution in [0.3, 0.4) is 0 Å². The van der Waals surface area contributed by atoms with Crippen LogP contribution >= 0.6 is 23.2 Å². The highest BCUT2D eigenvalue weighted by atomic mass is 35.5. The predicted molar refractivity (Wildman–Crippen MR) is 163 cm³/mol. The Morgan fingerprint density at radius 2 is 1.59 bits per heavy atom. The molecule has 9 heteroatoms. The molecule has 4 aromatic carbocycles. The minimum atomic E-state index is -0.566. The molecule has 1 heterocycles. The SMILES string of the molecule is CCOc1cc(/C=N/n2c(-c3ccc(Cl)cc3)nc3ccccc3c2=O)ccc1OC(=O)/C=C/c1ccc(Cl)cc1. The third-order valence-electron chi connectivity index (χ3n) is 5.94. The average Bonchev–Trinajstić information content (AvgIpc) is 2.98. The van der Waals surface area contributed by atoms with Gasteiger partial charge in [-0.2, -0.15) is 9.78 Å². The fraction of sp³-hybridized carbons (Fsp3) is 0.0625. The van der Waals surface area contributed by atoms with Gasteiger partial charge in [-0.3, -0.25) is 4.79 Å². The molecule has 0 bridgehead atoms. The third kappa shape index (κ3) is 6.72. The number of hydrogen-bond donors (Lipinski definition) is 0. The fourth-order valence-corrected chi connectivity index (χ4v) is 4.23. The van der Waals surface area contributed by atoms with E-state index in [0.717, 1.165) is 5.56 Å². The maximum Gasteiger partial charge on any atom is 0.336 e. The van der Waals surface area contributed by atoms with Crippen molar-refractivity contribution in [1.29, 1.82) is 0 Å². The summed E-state index contributed by atoms with van der Waals surface area (Å²) in [4.78, 5) is 30.6. The molecule has 0 radical (unpaired) electrons. The van der Waals surface area contributed by atoms with E-state index >= 15 is 0 Å². The van der Waals surface area contributed by atoms with E-state index in [1.165, 1.54) is 17.0 Å². The van der Waals surface area contributed by atoms with Gasteiger partial charge in [0.05, 0.1) is 23.7 Å². The number of carbonyl (C=O) groups is 1. The van der Waals surface area contributed by atoms with Gasteiger partial charge in [0.2, 0.25) is 0 Å². The Bertz CT molecular complexity index is 1830. The molecule has 0 aliphatic heterocycles. The Morgan fingerprint density at radius 1 is 0.902 bits per heavy atom. The molecular weight excluding hydrogens is 561 g/mol. The zero-order chi connectivity index (χ0) is 28.8. The van der Waals surface area contributed by atoms with E-state index in [9.17, 15) is 9.59 Å². The number of carbonyl (C=O) groups excluding carboxylic acids is 1. The van der Waals surface area contributed by atoms with Gasteiger partial charge in [0, 0.05) is 21.7 Å². The van der Waals surface area contributed by atoms with E-state index in [-0.39, 0.29) is 11.3 Å². The smallest absolute Gasteiger partial charge is 0.336 e. The molecule has 0 spiro atoms. The van der Waals surface area contributed by atoms with Crippen molar-refractivity contribution in [3.63, 3.8) is 0 Å². The van der Waals surface area contributed by atoms with Gasteiger partial charge in [0.25, 0.3) is 5.56 Å². The molecule has 204 valence electrons. The Labute approximate surface area is 245 Å². The van der Waals surface area contributed by atoms with Crippen LogP contribution in [-0.4, -0.2) is 28.5 Å². The molecule has 0 saturated carbocycles. The van der Waals surface area contributed by atoms with Crippen LogP contribution in [0.2, 0.25) is 10.0 Å². The number of esters is 1. The van der Waals surface area contributed by atoms with Gasteiger partial charge in [-0.1, -0.05) is 47.5 Å². The lowest BCUT2D eigenvalue weighted by Crippen LogP contribution is -2.20. The summed E-state index contributed by atoms with van der Waals surface area (Å²) in [5.41, 5.74) is 2.34. The highest BCUT2D eigenvalue weighted by Gasteiger charge is 2.13. The minimum absolute atomic E-state index is 0.251. The van der Waals surface area contributed by atoms with E-state index in [0.29, 0.717) is 50.3 Å². The van der Waals surface area contributed by atoms with Crippen LogP contribution in [0.4, 0.5) is 0 Å². The Hall–Kier alpha value is -4.72. The summed E-state index contributed by atoms with van der Waals surface area (Å²) in [6.07, 6.45) is 4.48. The quantitative estimate of drug-likeness (QED) is 0.0829. The molecular formula is C32H23Cl2N3O4. The van der Waals surface area contributed by atoms with Gasteiger partial charge in [0.15, 0.2) is 17.3 Å². The van der Waals surface area contributed by atoms with Crippen molar-refractivity contribution in [3.8, 4) is 22.9 Å². The van der Waals surface area contributed by atoms with E-state index in [2.05, 4.69) is 5.10 Å². The molecule has 5 rings (SSSR count). The standard InChI is InChI=1S/C32H23Cl2N3O4/c1-2-40-29-19-22(9-17-28(29)41-30(38)18-10-21-7-13-24(33)14-8-21)20-35-37-31(23-11-15-25(34)16-12-23)36-27-6-4-3-5-26(27)32(37)39/h3-20H,2H2,1H3/b18-10+,35-20+. The van der Waals surface area contributed by atoms with E-state index in [1.54, 1.807) is 91.0 Å². The molecule has 0 fully saturated rings. The average molecular weight is 584 g/mol. The van der Waals surface area contributed by atoms with Crippen LogP contribution in [0.1, 0.15) is 18.1 Å². The number of halogens is 2. The van der Waals surface area contributed by atoms with Crippen LogP contribution in [0.15, 0.2) is 107 Å². The van der Waals surface area contributed by atoms with Gasteiger partial charge < -0.3 is 9.47 Å². The lowest BCUT2D eigenvalue weighted by atomic mass is 10.2. The summed E-state index contributed by atoms with van der Waals surface area (Å²) in [7, 11) is 0. The zero-order valence-corrected chi connectivity index (χ0v) is 23.3. The van der Waals surface area contributed by atoms with Crippen molar-refractivity contribution in [2.45, 2.75) is 6.92 Å². The van der Waals surface area contributed by atoms with Crippen LogP contribution in [0.5, 0.6) is 11.5 Å². The van der Waals surface area contributed by atoms with Gasteiger partial charge >= 0.3 is 5.97 Å². The molecule has 41 heavy (non-hydrogen) atoms. The first-order valence-corrected chi connectivity index (χ1v) is 13.4. The van der Waals surface area contributed by atoms with Crippen molar-refractivity contribution >= 4 is 52.4 Å². The Morgan fingerprint density at radius 3 is 2.32 bits per heavy atom. The minimum Gasteiger partial charge on any atom is -0.490 e. The highest BCUT2D eigenvalue weighted by molar-refractivity contribution is 6.30. The molecule has 0 amide bonds. The highest BCUT2D eigenvalue weighted by Crippen LogP contribution is 2.29. The number of nitrogens with zero attached hydrogens (tertiary/aromatic N) is 3. The molecule has 0 unspecified atom stereocenters. The van der Waals surface area contributed by atoms with Crippen LogP contribution in [-0.2, 0) is 4.79 Å². The van der Waals surface area contributed by atoms with Gasteiger partial charge in [0.1, 0.15) is 0 Å². The maximum atomic E-state index is 13.4. The summed E-state index contributed by atoms with van der Waals surface area (Å²) >= 11 is 12.0. The first-order valence-electron chi connectivity index (χ1n) is 12.7. The number of fused-ring (bicyclic) bond motifs is 1. The molecule has 0 aliphatic rings. The number of para-hydroxylation sites is 1. The van der Waals surface area contributed by atoms with Crippen LogP contribution in [0, 0.1) is 0 Å². The monoisotopic (exact) mass is 583 g/mol. The molecule has 0 aliphatic carbocycles. The second-order valence-electron chi connectivity index (χ2n) is 8.77. The molecule has 1 aromatic heterocycles. The zero-order valence-electron chi connectivity index (χ0n) is 21.8. The maximum absolute atomic E-state index is 13.4. The largest absolute Gasteiger partial charge is 0.490 e. The lowest BCUT2D eigenvalue weighted by molar-refractivity contribution is -0.129. The van der Waals surface area contributed by atoms with E-state index in [4.69, 9.17) is 37.7 Å². The van der Waals surface area contributed by atoms with Crippen LogP contribution in [0.25, 0.3) is 28.4 Å². The molecule has 7 nitrogen and oxygen atoms in total. The number of ether oxygens (including phenoxy) is 2. The van der Waals surface area contributed by atoms with Gasteiger partial charge in [-0.15, -0.1) is 0 Å². The molecule has 0 atom stereocenters. The summed E-state index contributed by atoms with van der Waals surface area (Å²) in [5.74, 6) is 0.404. The van der Waals surface area contributed by atoms with E-state index in [1.807, 2.05) is 13.0 Å². The number of aromatic nitrogens is 2. The molecule has 0 N–H and O–H groups in total. The molecule has 0 saturated heterocycles. The van der Waals surface area contributed by atoms with Gasteiger partial charge in [-0.05, 0) is 90.9 Å². The Kier molecular flexibility index (Phi) is 8.58. The van der Waals surface area contributed by atoms with Gasteiger partial charge in [-0.25, -0.2) is 9.78 Å². The first-order chi connectivity index (χ1) is 19.9. The van der Waals surface area contributed by atoms with Crippen LogP contribution < -0.4 is 15.0 Å². The molecule has 5 aromatic rings. The normalized spacial score (nSPS) is 11.4. The van der Waals surface area contributed by atoms with Crippen molar-refractivity contribution in [1.82, 2.24) is 9.66 Å². The number of benzene rings is 4. The second-order valence-corrected chi connectivity index (χ2v) is 9.64. The van der Waals surface area contributed by atoms with Crippen molar-refractivity contribution in [3.05, 3.63) is 129 Å². The summed E-state index contributed by atoms with van der Waals surface area (Å²) in [6, 6.07) is 26.2. The van der Waals surface area contributed by atoms with E-state index < -0.39 is 5.97 Å². The summed E-state index contributed by atoms with van der Waals surface area (Å²) in [5, 5.41) is 6.10. The summed E-state index contributed by atoms with van der Waals surface area (Å²) < 4.78 is 12.5. The lowest BCUT2D eigenvalue weighted by Gasteiger charge is -2.11. The van der Waals surface area contributed by atoms with Crippen molar-refractivity contribution in [2.75, 3.05) is 6.61 Å². The Balaban J connectivity index is 1.45. The fourth-order valence-electron chi connectivity index (χ4n) is 3.98. The predicted octanol–water partition coefficient (Wildman–Crippen LogP) is 7.27.